The molecule has 100 valence electrons. The molecule has 0 atom stereocenters. The highest BCUT2D eigenvalue weighted by molar-refractivity contribution is 5.65. The Morgan fingerprint density at radius 3 is 2.95 bits per heavy atom. The molecule has 2 heterocycles. The summed E-state index contributed by atoms with van der Waals surface area (Å²) in [5.41, 5.74) is 5.19. The van der Waals surface area contributed by atoms with Gasteiger partial charge in [0.15, 0.2) is 0 Å². The van der Waals surface area contributed by atoms with Gasteiger partial charge in [-0.15, -0.1) is 0 Å². The number of hydrogen-bond acceptors (Lipinski definition) is 3. The van der Waals surface area contributed by atoms with E-state index in [2.05, 4.69) is 44.7 Å². The van der Waals surface area contributed by atoms with Crippen LogP contribution in [-0.4, -0.2) is 29.9 Å². The summed E-state index contributed by atoms with van der Waals surface area (Å²) in [4.78, 5) is 0. The number of aromatic nitrogens is 2. The van der Waals surface area contributed by atoms with Crippen LogP contribution in [0.2, 0.25) is 0 Å². The zero-order valence-electron chi connectivity index (χ0n) is 11.3. The third kappa shape index (κ3) is 2.55. The Kier molecular flexibility index (Phi) is 3.62. The Morgan fingerprint density at radius 2 is 2.16 bits per heavy atom. The number of likely N-dealkylation sites (N-methyl/N-ethyl adjacent to an activating group) is 1. The summed E-state index contributed by atoms with van der Waals surface area (Å²) < 4.78 is 2.11. The molecular formula is C15H20N4. The lowest BCUT2D eigenvalue weighted by Gasteiger charge is -2.16. The smallest absolute Gasteiger partial charge is 0.0601 e. The molecule has 0 bridgehead atoms. The molecule has 1 aliphatic heterocycles. The third-order valence-corrected chi connectivity index (χ3v) is 3.67. The van der Waals surface area contributed by atoms with E-state index in [0.717, 1.165) is 32.6 Å². The van der Waals surface area contributed by atoms with Crippen LogP contribution in [0.5, 0.6) is 0 Å². The van der Waals surface area contributed by atoms with Gasteiger partial charge in [0.05, 0.1) is 18.4 Å². The number of rotatable bonds is 4. The molecule has 0 aliphatic carbocycles. The molecule has 4 nitrogen and oxygen atoms in total. The van der Waals surface area contributed by atoms with Crippen LogP contribution in [0.25, 0.3) is 11.1 Å². The minimum atomic E-state index is 0.914. The number of hydrogen-bond donors (Lipinski definition) is 2. The third-order valence-electron chi connectivity index (χ3n) is 3.67. The molecule has 3 rings (SSSR count). The van der Waals surface area contributed by atoms with E-state index in [9.17, 15) is 0 Å². The Morgan fingerprint density at radius 1 is 1.32 bits per heavy atom. The van der Waals surface area contributed by atoms with Gasteiger partial charge in [0, 0.05) is 18.7 Å². The van der Waals surface area contributed by atoms with Crippen LogP contribution in [0.15, 0.2) is 30.5 Å². The quantitative estimate of drug-likeness (QED) is 0.869. The molecule has 0 radical (unpaired) electrons. The topological polar surface area (TPSA) is 41.9 Å². The minimum absolute atomic E-state index is 0.914. The fourth-order valence-electron chi connectivity index (χ4n) is 2.54. The summed E-state index contributed by atoms with van der Waals surface area (Å²) in [5.74, 6) is 0. The highest BCUT2D eigenvalue weighted by Gasteiger charge is 2.15. The van der Waals surface area contributed by atoms with Crippen molar-refractivity contribution in [2.24, 2.45) is 0 Å². The second-order valence-electron chi connectivity index (χ2n) is 4.96. The van der Waals surface area contributed by atoms with Crippen LogP contribution in [0.3, 0.4) is 0 Å². The van der Waals surface area contributed by atoms with E-state index in [0.29, 0.717) is 0 Å². The largest absolute Gasteiger partial charge is 0.319 e. The Balaban J connectivity index is 1.84. The molecule has 0 fully saturated rings. The number of nitrogens with one attached hydrogen (secondary N) is 2. The van der Waals surface area contributed by atoms with Crippen molar-refractivity contribution >= 4 is 0 Å². The molecule has 1 aliphatic rings. The maximum atomic E-state index is 4.47. The van der Waals surface area contributed by atoms with E-state index >= 15 is 0 Å². The molecule has 4 heteroatoms. The fourth-order valence-corrected chi connectivity index (χ4v) is 2.54. The van der Waals surface area contributed by atoms with E-state index in [1.165, 1.54) is 22.4 Å². The van der Waals surface area contributed by atoms with Crippen LogP contribution >= 0.6 is 0 Å². The summed E-state index contributed by atoms with van der Waals surface area (Å²) in [6, 6.07) is 8.84. The van der Waals surface area contributed by atoms with Gasteiger partial charge in [0.25, 0.3) is 0 Å². The van der Waals surface area contributed by atoms with Gasteiger partial charge in [0.1, 0.15) is 0 Å². The van der Waals surface area contributed by atoms with Crippen molar-refractivity contribution in [1.29, 1.82) is 0 Å². The number of fused-ring (bicyclic) bond motifs is 1. The molecule has 0 spiro atoms. The van der Waals surface area contributed by atoms with Crippen molar-refractivity contribution in [2.45, 2.75) is 19.5 Å². The van der Waals surface area contributed by atoms with E-state index in [-0.39, 0.29) is 0 Å². The summed E-state index contributed by atoms with van der Waals surface area (Å²) in [6.45, 7) is 3.91. The molecular weight excluding hydrogens is 236 g/mol. The summed E-state index contributed by atoms with van der Waals surface area (Å²) in [6.07, 6.45) is 3.06. The highest BCUT2D eigenvalue weighted by Crippen LogP contribution is 2.25. The highest BCUT2D eigenvalue weighted by atomic mass is 15.3. The summed E-state index contributed by atoms with van der Waals surface area (Å²) in [5, 5.41) is 11.1. The lowest BCUT2D eigenvalue weighted by molar-refractivity contribution is 0.476. The molecule has 0 saturated heterocycles. The van der Waals surface area contributed by atoms with Crippen LogP contribution in [0.4, 0.5) is 0 Å². The molecule has 2 N–H and O–H groups in total. The zero-order valence-corrected chi connectivity index (χ0v) is 11.3. The molecule has 2 aromatic rings. The summed E-state index contributed by atoms with van der Waals surface area (Å²) >= 11 is 0. The monoisotopic (exact) mass is 256 g/mol. The molecule has 1 aromatic heterocycles. The first-order valence-electron chi connectivity index (χ1n) is 6.88. The van der Waals surface area contributed by atoms with Gasteiger partial charge in [-0.1, -0.05) is 24.3 Å². The van der Waals surface area contributed by atoms with Gasteiger partial charge in [-0.3, -0.25) is 4.68 Å². The van der Waals surface area contributed by atoms with E-state index in [1.54, 1.807) is 0 Å². The van der Waals surface area contributed by atoms with Crippen LogP contribution < -0.4 is 10.6 Å². The van der Waals surface area contributed by atoms with Crippen LogP contribution in [0.1, 0.15) is 11.3 Å². The second-order valence-corrected chi connectivity index (χ2v) is 4.96. The summed E-state index contributed by atoms with van der Waals surface area (Å²) in [7, 11) is 1.99. The van der Waals surface area contributed by atoms with E-state index in [4.69, 9.17) is 0 Å². The van der Waals surface area contributed by atoms with Crippen molar-refractivity contribution in [3.8, 4) is 11.1 Å². The van der Waals surface area contributed by atoms with Gasteiger partial charge in [-0.05, 0) is 31.1 Å². The Labute approximate surface area is 113 Å². The first-order valence-corrected chi connectivity index (χ1v) is 6.88. The second kappa shape index (κ2) is 5.55. The lowest BCUT2D eigenvalue weighted by Crippen LogP contribution is -2.28. The van der Waals surface area contributed by atoms with Crippen molar-refractivity contribution < 1.29 is 0 Å². The van der Waals surface area contributed by atoms with E-state index < -0.39 is 0 Å². The van der Waals surface area contributed by atoms with Gasteiger partial charge in [-0.25, -0.2) is 0 Å². The molecule has 0 amide bonds. The number of nitrogens with zero attached hydrogens (tertiary/aromatic N) is 2. The van der Waals surface area contributed by atoms with Crippen molar-refractivity contribution in [1.82, 2.24) is 20.4 Å². The Hall–Kier alpha value is -1.65. The normalized spacial score (nSPS) is 14.4. The van der Waals surface area contributed by atoms with Gasteiger partial charge >= 0.3 is 0 Å². The standard InChI is InChI=1S/C15H20N4/c1-16-7-6-12-2-4-13(5-3-12)14-10-18-19-9-8-17-11-15(14)19/h2-5,10,16-17H,6-9,11H2,1H3. The first-order chi connectivity index (χ1) is 9.38. The zero-order chi connectivity index (χ0) is 13.1. The first kappa shape index (κ1) is 12.4. The molecule has 1 aromatic carbocycles. The average Bonchev–Trinajstić information content (AvgIpc) is 2.90. The van der Waals surface area contributed by atoms with Crippen molar-refractivity contribution in [3.63, 3.8) is 0 Å². The van der Waals surface area contributed by atoms with Gasteiger partial charge < -0.3 is 10.6 Å². The molecule has 0 saturated carbocycles. The molecule has 19 heavy (non-hydrogen) atoms. The minimum Gasteiger partial charge on any atom is -0.319 e. The fraction of sp³-hybridized carbons (Fsp3) is 0.400. The molecule has 0 unspecified atom stereocenters. The average molecular weight is 256 g/mol. The predicted octanol–water partition coefficient (Wildman–Crippen LogP) is 1.42. The lowest BCUT2D eigenvalue weighted by atomic mass is 10.0. The maximum Gasteiger partial charge on any atom is 0.0601 e. The SMILES string of the molecule is CNCCc1ccc(-c2cnn3c2CNCC3)cc1. The van der Waals surface area contributed by atoms with Crippen molar-refractivity contribution in [2.75, 3.05) is 20.1 Å². The van der Waals surface area contributed by atoms with Crippen molar-refractivity contribution in [3.05, 3.63) is 41.7 Å². The van der Waals surface area contributed by atoms with Crippen LogP contribution in [0, 0.1) is 0 Å². The maximum absolute atomic E-state index is 4.47. The van der Waals surface area contributed by atoms with Gasteiger partial charge in [-0.2, -0.15) is 5.10 Å². The number of benzene rings is 1. The van der Waals surface area contributed by atoms with Crippen LogP contribution in [-0.2, 0) is 19.5 Å². The Bertz CT molecular complexity index is 542. The van der Waals surface area contributed by atoms with Gasteiger partial charge in [0.2, 0.25) is 0 Å². The van der Waals surface area contributed by atoms with E-state index in [1.807, 2.05) is 13.2 Å². The predicted molar refractivity (Wildman–Crippen MR) is 77.0 cm³/mol.